The summed E-state index contributed by atoms with van der Waals surface area (Å²) >= 11 is 7.07. The smallest absolute Gasteiger partial charge is 0.175 e. The van der Waals surface area contributed by atoms with E-state index >= 15 is 0 Å². The van der Waals surface area contributed by atoms with Gasteiger partial charge in [-0.15, -0.1) is 0 Å². The standard InChI is InChI=1S/C17H21N3OS2/c1-11-5-3-6-12(2)20(11)17(22)23-10-15(21)14-9-19-16-13(14)7-4-8-18-16/h4,7-9,11-12H,3,5-6,10H2,1-2H3,(H,18,19)/t11-,12+. The van der Waals surface area contributed by atoms with Crippen LogP contribution in [0.25, 0.3) is 11.0 Å². The second-order valence-corrected chi connectivity index (χ2v) is 7.73. The molecule has 3 rings (SSSR count). The Hall–Kier alpha value is -1.40. The van der Waals surface area contributed by atoms with Gasteiger partial charge in [0.15, 0.2) is 5.78 Å². The Labute approximate surface area is 146 Å². The number of fused-ring (bicyclic) bond motifs is 1. The molecule has 0 aliphatic carbocycles. The lowest BCUT2D eigenvalue weighted by molar-refractivity contribution is 0.102. The Kier molecular flexibility index (Phi) is 5.02. The molecule has 1 N–H and O–H groups in total. The second kappa shape index (κ2) is 7.01. The number of H-pyrrole nitrogens is 1. The van der Waals surface area contributed by atoms with Crippen molar-refractivity contribution in [2.75, 3.05) is 5.75 Å². The van der Waals surface area contributed by atoms with Crippen LogP contribution in [0.5, 0.6) is 0 Å². The largest absolute Gasteiger partial charge is 0.352 e. The van der Waals surface area contributed by atoms with Gasteiger partial charge in [-0.1, -0.05) is 24.0 Å². The number of hydrogen-bond donors (Lipinski definition) is 1. The summed E-state index contributed by atoms with van der Waals surface area (Å²) in [6, 6.07) is 4.70. The summed E-state index contributed by atoms with van der Waals surface area (Å²) in [6.07, 6.45) is 7.07. The molecule has 6 heteroatoms. The summed E-state index contributed by atoms with van der Waals surface area (Å²) in [5.74, 6) is 0.463. The summed E-state index contributed by atoms with van der Waals surface area (Å²) in [6.45, 7) is 4.44. The van der Waals surface area contributed by atoms with E-state index < -0.39 is 0 Å². The number of pyridine rings is 1. The number of piperidine rings is 1. The van der Waals surface area contributed by atoms with E-state index in [9.17, 15) is 4.79 Å². The van der Waals surface area contributed by atoms with E-state index in [1.807, 2.05) is 12.1 Å². The number of thiocarbonyl (C=S) groups is 1. The maximum Gasteiger partial charge on any atom is 0.175 e. The number of hydrogen-bond acceptors (Lipinski definition) is 4. The highest BCUT2D eigenvalue weighted by Crippen LogP contribution is 2.27. The number of rotatable bonds is 3. The molecule has 0 aromatic carbocycles. The molecule has 23 heavy (non-hydrogen) atoms. The molecule has 1 aliphatic heterocycles. The molecule has 0 unspecified atom stereocenters. The Morgan fingerprint density at radius 2 is 2.17 bits per heavy atom. The highest BCUT2D eigenvalue weighted by molar-refractivity contribution is 8.23. The predicted molar refractivity (Wildman–Crippen MR) is 100 cm³/mol. The SMILES string of the molecule is C[C@@H]1CCC[C@H](C)N1C(=S)SCC(=O)c1c[nH]c2ncccc12. The minimum atomic E-state index is 0.0916. The minimum absolute atomic E-state index is 0.0916. The van der Waals surface area contributed by atoms with Crippen LogP contribution in [-0.4, -0.2) is 42.8 Å². The van der Waals surface area contributed by atoms with E-state index in [4.69, 9.17) is 12.2 Å². The third kappa shape index (κ3) is 3.43. The van der Waals surface area contributed by atoms with Crippen molar-refractivity contribution in [1.29, 1.82) is 0 Å². The van der Waals surface area contributed by atoms with Crippen molar-refractivity contribution in [3.05, 3.63) is 30.1 Å². The number of aromatic nitrogens is 2. The van der Waals surface area contributed by atoms with Crippen LogP contribution in [0.15, 0.2) is 24.5 Å². The van der Waals surface area contributed by atoms with Crippen LogP contribution in [0.4, 0.5) is 0 Å². The maximum atomic E-state index is 12.5. The van der Waals surface area contributed by atoms with E-state index in [-0.39, 0.29) is 5.78 Å². The second-order valence-electron chi connectivity index (χ2n) is 6.12. The lowest BCUT2D eigenvalue weighted by atomic mass is 9.99. The lowest BCUT2D eigenvalue weighted by Gasteiger charge is -2.40. The van der Waals surface area contributed by atoms with E-state index in [2.05, 4.69) is 28.7 Å². The number of aromatic amines is 1. The van der Waals surface area contributed by atoms with E-state index in [1.165, 1.54) is 31.0 Å². The van der Waals surface area contributed by atoms with Crippen molar-refractivity contribution in [2.24, 2.45) is 0 Å². The Bertz CT molecular complexity index is 717. The van der Waals surface area contributed by atoms with Gasteiger partial charge in [0.05, 0.1) is 5.75 Å². The molecule has 0 amide bonds. The number of carbonyl (C=O) groups excluding carboxylic acids is 1. The Morgan fingerprint density at radius 1 is 1.43 bits per heavy atom. The number of nitrogens with one attached hydrogen (secondary N) is 1. The Balaban J connectivity index is 1.65. The maximum absolute atomic E-state index is 12.5. The summed E-state index contributed by atoms with van der Waals surface area (Å²) in [5.41, 5.74) is 1.45. The molecular weight excluding hydrogens is 326 g/mol. The third-order valence-electron chi connectivity index (χ3n) is 4.48. The van der Waals surface area contributed by atoms with Gasteiger partial charge in [0.25, 0.3) is 0 Å². The van der Waals surface area contributed by atoms with Crippen LogP contribution in [0.1, 0.15) is 43.5 Å². The minimum Gasteiger partial charge on any atom is -0.352 e. The first-order valence-corrected chi connectivity index (χ1v) is 9.37. The lowest BCUT2D eigenvalue weighted by Crippen LogP contribution is -2.45. The highest BCUT2D eigenvalue weighted by Gasteiger charge is 2.27. The van der Waals surface area contributed by atoms with Gasteiger partial charge in [-0.2, -0.15) is 0 Å². The van der Waals surface area contributed by atoms with Gasteiger partial charge >= 0.3 is 0 Å². The monoisotopic (exact) mass is 347 g/mol. The van der Waals surface area contributed by atoms with E-state index in [0.717, 1.165) is 15.4 Å². The zero-order chi connectivity index (χ0) is 16.4. The zero-order valence-electron chi connectivity index (χ0n) is 13.4. The molecule has 2 aromatic heterocycles. The number of thioether (sulfide) groups is 1. The van der Waals surface area contributed by atoms with Crippen LogP contribution in [0.3, 0.4) is 0 Å². The number of Topliss-reactive ketones (excluding diaryl/α,β-unsaturated/α-hetero) is 1. The van der Waals surface area contributed by atoms with Gasteiger partial charge in [0, 0.05) is 35.4 Å². The van der Waals surface area contributed by atoms with Gasteiger partial charge < -0.3 is 9.88 Å². The van der Waals surface area contributed by atoms with Crippen molar-refractivity contribution in [1.82, 2.24) is 14.9 Å². The van der Waals surface area contributed by atoms with Crippen LogP contribution < -0.4 is 0 Å². The van der Waals surface area contributed by atoms with Gasteiger partial charge in [-0.25, -0.2) is 4.98 Å². The molecular formula is C17H21N3OS2. The van der Waals surface area contributed by atoms with Crippen molar-refractivity contribution >= 4 is 45.1 Å². The molecule has 0 saturated carbocycles. The number of likely N-dealkylation sites (tertiary alicyclic amines) is 1. The molecule has 1 saturated heterocycles. The van der Waals surface area contributed by atoms with Gasteiger partial charge in [-0.3, -0.25) is 4.79 Å². The van der Waals surface area contributed by atoms with Gasteiger partial charge in [0.2, 0.25) is 0 Å². The van der Waals surface area contributed by atoms with E-state index in [1.54, 1.807) is 12.4 Å². The van der Waals surface area contributed by atoms with Crippen LogP contribution in [-0.2, 0) is 0 Å². The number of nitrogens with zero attached hydrogens (tertiary/aromatic N) is 2. The Morgan fingerprint density at radius 3 is 2.91 bits per heavy atom. The molecule has 122 valence electrons. The van der Waals surface area contributed by atoms with E-state index in [0.29, 0.717) is 23.4 Å². The quantitative estimate of drug-likeness (QED) is 0.671. The van der Waals surface area contributed by atoms with Gasteiger partial charge in [0.1, 0.15) is 9.97 Å². The summed E-state index contributed by atoms with van der Waals surface area (Å²) < 4.78 is 0.844. The summed E-state index contributed by atoms with van der Waals surface area (Å²) in [7, 11) is 0. The molecule has 0 bridgehead atoms. The average molecular weight is 348 g/mol. The van der Waals surface area contributed by atoms with Crippen LogP contribution in [0.2, 0.25) is 0 Å². The van der Waals surface area contributed by atoms with Crippen molar-refractivity contribution in [2.45, 2.75) is 45.2 Å². The average Bonchev–Trinajstić information content (AvgIpc) is 2.96. The normalized spacial score (nSPS) is 21.6. The zero-order valence-corrected chi connectivity index (χ0v) is 15.0. The highest BCUT2D eigenvalue weighted by atomic mass is 32.2. The molecule has 2 aromatic rings. The first-order valence-electron chi connectivity index (χ1n) is 7.98. The van der Waals surface area contributed by atoms with Crippen molar-refractivity contribution in [3.8, 4) is 0 Å². The number of ketones is 1. The summed E-state index contributed by atoms with van der Waals surface area (Å²) in [5, 5.41) is 0.878. The predicted octanol–water partition coefficient (Wildman–Crippen LogP) is 4.03. The number of carbonyl (C=O) groups is 1. The van der Waals surface area contributed by atoms with Crippen molar-refractivity contribution in [3.63, 3.8) is 0 Å². The van der Waals surface area contributed by atoms with Crippen molar-refractivity contribution < 1.29 is 4.79 Å². The molecule has 1 fully saturated rings. The summed E-state index contributed by atoms with van der Waals surface area (Å²) in [4.78, 5) is 22.1. The van der Waals surface area contributed by atoms with Crippen LogP contribution in [0, 0.1) is 0 Å². The molecule has 0 spiro atoms. The molecule has 2 atom stereocenters. The fourth-order valence-electron chi connectivity index (χ4n) is 3.25. The van der Waals surface area contributed by atoms with Gasteiger partial charge in [-0.05, 0) is 45.2 Å². The molecule has 3 heterocycles. The third-order valence-corrected chi connectivity index (χ3v) is 5.91. The fraction of sp³-hybridized carbons (Fsp3) is 0.471. The fourth-order valence-corrected chi connectivity index (χ4v) is 4.70. The first kappa shape index (κ1) is 16.5. The molecule has 0 radical (unpaired) electrons. The molecule has 4 nitrogen and oxygen atoms in total. The van der Waals surface area contributed by atoms with Crippen LogP contribution >= 0.6 is 24.0 Å². The first-order chi connectivity index (χ1) is 11.1. The topological polar surface area (TPSA) is 49.0 Å². The molecule has 1 aliphatic rings.